The van der Waals surface area contributed by atoms with E-state index >= 15 is 0 Å². The lowest BCUT2D eigenvalue weighted by atomic mass is 10.0. The second-order valence-corrected chi connectivity index (χ2v) is 6.04. The Balaban J connectivity index is 1.64. The first-order chi connectivity index (χ1) is 12.5. The zero-order chi connectivity index (χ0) is 18.3. The predicted octanol–water partition coefficient (Wildman–Crippen LogP) is 4.24. The lowest BCUT2D eigenvalue weighted by molar-refractivity contribution is 0.0697. The average Bonchev–Trinajstić information content (AvgIpc) is 2.62. The van der Waals surface area contributed by atoms with Crippen LogP contribution in [0.25, 0.3) is 0 Å². The van der Waals surface area contributed by atoms with Crippen molar-refractivity contribution in [3.8, 4) is 23.0 Å². The van der Waals surface area contributed by atoms with Crippen molar-refractivity contribution < 1.29 is 24.9 Å². The number of rotatable bonds is 3. The van der Waals surface area contributed by atoms with Gasteiger partial charge in [0.1, 0.15) is 0 Å². The molecule has 6 heteroatoms. The quantitative estimate of drug-likeness (QED) is 0.413. The zero-order valence-electron chi connectivity index (χ0n) is 13.6. The first-order valence-corrected chi connectivity index (χ1v) is 7.96. The fraction of sp³-hybridized carbons (Fsp3) is 0.0500. The van der Waals surface area contributed by atoms with Gasteiger partial charge in [-0.3, -0.25) is 0 Å². The predicted molar refractivity (Wildman–Crippen MR) is 95.8 cm³/mol. The Kier molecular flexibility index (Phi) is 3.65. The lowest BCUT2D eigenvalue weighted by Crippen LogP contribution is -2.09. The molecule has 0 aliphatic carbocycles. The second-order valence-electron chi connectivity index (χ2n) is 6.04. The number of carbonyl (C=O) groups is 1. The number of carboxylic acids is 1. The maximum Gasteiger partial charge on any atom is 0.337 e. The molecular formula is C20H15NO5. The summed E-state index contributed by atoms with van der Waals surface area (Å²) in [7, 11) is 0. The smallest absolute Gasteiger partial charge is 0.337 e. The molecule has 0 radical (unpaired) electrons. The molecule has 3 aromatic rings. The Hall–Kier alpha value is -3.67. The fourth-order valence-electron chi connectivity index (χ4n) is 2.96. The van der Waals surface area contributed by atoms with Crippen molar-refractivity contribution in [3.63, 3.8) is 0 Å². The van der Waals surface area contributed by atoms with Gasteiger partial charge in [0, 0.05) is 0 Å². The van der Waals surface area contributed by atoms with Crippen LogP contribution in [0, 0.1) is 0 Å². The number of benzene rings is 3. The van der Waals surface area contributed by atoms with Crippen molar-refractivity contribution in [3.05, 3.63) is 71.3 Å². The number of fused-ring (bicyclic) bond motifs is 2. The molecule has 4 rings (SSSR count). The Morgan fingerprint density at radius 3 is 2.46 bits per heavy atom. The van der Waals surface area contributed by atoms with E-state index in [9.17, 15) is 20.1 Å². The number of ether oxygens (including phenoxy) is 1. The second kappa shape index (κ2) is 6.00. The molecule has 4 N–H and O–H groups in total. The van der Waals surface area contributed by atoms with Crippen LogP contribution >= 0.6 is 0 Å². The highest BCUT2D eigenvalue weighted by Crippen LogP contribution is 2.44. The molecule has 0 amide bonds. The number of phenols is 2. The summed E-state index contributed by atoms with van der Waals surface area (Å²) in [4.78, 5) is 11.4. The Morgan fingerprint density at radius 2 is 1.69 bits per heavy atom. The molecule has 0 aromatic heterocycles. The van der Waals surface area contributed by atoms with Gasteiger partial charge in [-0.25, -0.2) is 4.79 Å². The van der Waals surface area contributed by atoms with Crippen molar-refractivity contribution in [2.75, 3.05) is 5.32 Å². The molecule has 0 spiro atoms. The minimum Gasteiger partial charge on any atom is -0.504 e. The molecule has 1 heterocycles. The van der Waals surface area contributed by atoms with E-state index in [1.54, 1.807) is 18.2 Å². The summed E-state index contributed by atoms with van der Waals surface area (Å²) in [5.41, 5.74) is 3.06. The summed E-state index contributed by atoms with van der Waals surface area (Å²) in [6.45, 7) is 0. The molecule has 0 fully saturated rings. The van der Waals surface area contributed by atoms with Gasteiger partial charge in [0.05, 0.1) is 16.9 Å². The molecule has 1 aliphatic heterocycles. The Bertz CT molecular complexity index is 1030. The first kappa shape index (κ1) is 15.8. The van der Waals surface area contributed by atoms with Crippen LogP contribution < -0.4 is 10.1 Å². The van der Waals surface area contributed by atoms with Gasteiger partial charge < -0.3 is 25.4 Å². The van der Waals surface area contributed by atoms with Gasteiger partial charge in [0.25, 0.3) is 0 Å². The molecule has 0 saturated heterocycles. The number of phenolic OH excluding ortho intramolecular Hbond substituents is 2. The van der Waals surface area contributed by atoms with Crippen LogP contribution in [0.15, 0.2) is 54.6 Å². The highest BCUT2D eigenvalue weighted by molar-refractivity contribution is 5.98. The van der Waals surface area contributed by atoms with Gasteiger partial charge in [-0.05, 0) is 53.9 Å². The van der Waals surface area contributed by atoms with E-state index in [1.807, 2.05) is 18.2 Å². The van der Waals surface area contributed by atoms with Gasteiger partial charge in [-0.15, -0.1) is 0 Å². The third-order valence-corrected chi connectivity index (χ3v) is 4.23. The van der Waals surface area contributed by atoms with Crippen LogP contribution in [-0.4, -0.2) is 21.3 Å². The van der Waals surface area contributed by atoms with Crippen LogP contribution in [0.3, 0.4) is 0 Å². The Morgan fingerprint density at radius 1 is 0.923 bits per heavy atom. The van der Waals surface area contributed by atoms with E-state index in [0.717, 1.165) is 11.1 Å². The van der Waals surface area contributed by atoms with Gasteiger partial charge >= 0.3 is 5.97 Å². The van der Waals surface area contributed by atoms with Crippen molar-refractivity contribution in [1.29, 1.82) is 0 Å². The fourth-order valence-corrected chi connectivity index (χ4v) is 2.96. The van der Waals surface area contributed by atoms with E-state index in [2.05, 4.69) is 5.32 Å². The number of nitrogens with one attached hydrogen (secondary N) is 1. The maximum absolute atomic E-state index is 11.4. The summed E-state index contributed by atoms with van der Waals surface area (Å²) >= 11 is 0. The summed E-state index contributed by atoms with van der Waals surface area (Å²) in [6, 6.07) is 15.2. The largest absolute Gasteiger partial charge is 0.504 e. The van der Waals surface area contributed by atoms with Crippen LogP contribution in [0.1, 0.15) is 21.5 Å². The number of hydrogen-bond donors (Lipinski definition) is 4. The van der Waals surface area contributed by atoms with E-state index in [1.165, 1.54) is 18.2 Å². The molecule has 130 valence electrons. The summed E-state index contributed by atoms with van der Waals surface area (Å²) in [6.07, 6.45) is 0.548. The third-order valence-electron chi connectivity index (χ3n) is 4.23. The van der Waals surface area contributed by atoms with E-state index < -0.39 is 5.97 Å². The molecule has 6 nitrogen and oxygen atoms in total. The Labute approximate surface area is 148 Å². The number of anilines is 2. The molecule has 0 saturated carbocycles. The third kappa shape index (κ3) is 2.77. The standard InChI is InChI=1S/C20H15NO5/c22-15-7-5-11(9-16(15)23)8-12-4-6-14-18(10-12)26-17-3-1-2-13(20(24)25)19(17)21-14/h1-7,9-10,21-23H,8H2,(H,24,25). The monoisotopic (exact) mass is 349 g/mol. The molecule has 0 atom stereocenters. The highest BCUT2D eigenvalue weighted by atomic mass is 16.5. The van der Waals surface area contributed by atoms with E-state index in [-0.39, 0.29) is 17.1 Å². The SMILES string of the molecule is O=C(O)c1cccc2c1Nc1ccc(Cc3ccc(O)c(O)c3)cc1O2. The molecule has 3 aromatic carbocycles. The summed E-state index contributed by atoms with van der Waals surface area (Å²) in [5, 5.41) is 31.4. The number of aromatic hydroxyl groups is 2. The molecule has 0 bridgehead atoms. The average molecular weight is 349 g/mol. The molecule has 26 heavy (non-hydrogen) atoms. The first-order valence-electron chi connectivity index (χ1n) is 7.96. The van der Waals surface area contributed by atoms with Gasteiger partial charge in [-0.2, -0.15) is 0 Å². The maximum atomic E-state index is 11.4. The van der Waals surface area contributed by atoms with Gasteiger partial charge in [-0.1, -0.05) is 18.2 Å². The zero-order valence-corrected chi connectivity index (χ0v) is 13.6. The van der Waals surface area contributed by atoms with E-state index in [0.29, 0.717) is 29.3 Å². The van der Waals surface area contributed by atoms with E-state index in [4.69, 9.17) is 4.74 Å². The lowest BCUT2D eigenvalue weighted by Gasteiger charge is -2.23. The number of hydrogen-bond acceptors (Lipinski definition) is 5. The van der Waals surface area contributed by atoms with Crippen molar-refractivity contribution in [1.82, 2.24) is 0 Å². The molecule has 1 aliphatic rings. The highest BCUT2D eigenvalue weighted by Gasteiger charge is 2.22. The topological polar surface area (TPSA) is 99.0 Å². The van der Waals surface area contributed by atoms with Crippen LogP contribution in [0.2, 0.25) is 0 Å². The summed E-state index contributed by atoms with van der Waals surface area (Å²) < 4.78 is 5.87. The van der Waals surface area contributed by atoms with Gasteiger partial charge in [0.15, 0.2) is 23.0 Å². The van der Waals surface area contributed by atoms with Crippen LogP contribution in [0.5, 0.6) is 23.0 Å². The van der Waals surface area contributed by atoms with Gasteiger partial charge in [0.2, 0.25) is 0 Å². The minimum atomic E-state index is -1.02. The number of carboxylic acid groups (broad SMARTS) is 1. The molecular weight excluding hydrogens is 334 g/mol. The van der Waals surface area contributed by atoms with Crippen molar-refractivity contribution in [2.45, 2.75) is 6.42 Å². The van der Waals surface area contributed by atoms with Crippen LogP contribution in [-0.2, 0) is 6.42 Å². The number of aromatic carboxylic acids is 1. The van der Waals surface area contributed by atoms with Crippen LogP contribution in [0.4, 0.5) is 11.4 Å². The number of para-hydroxylation sites is 1. The van der Waals surface area contributed by atoms with Crippen molar-refractivity contribution >= 4 is 17.3 Å². The normalized spacial score (nSPS) is 11.7. The molecule has 0 unspecified atom stereocenters. The van der Waals surface area contributed by atoms with Crippen molar-refractivity contribution in [2.24, 2.45) is 0 Å². The minimum absolute atomic E-state index is 0.150. The summed E-state index contributed by atoms with van der Waals surface area (Å²) in [5.74, 6) is -0.284.